The zero-order valence-electron chi connectivity index (χ0n) is 13.0. The number of carbonyl (C=O) groups is 2. The van der Waals surface area contributed by atoms with Crippen molar-refractivity contribution in [3.63, 3.8) is 0 Å². The SMILES string of the molecule is CN1C(=O)N(Cc2ccccc2)C(=O)C2C1=NC(Br)=[N+]2CCC#N. The van der Waals surface area contributed by atoms with E-state index in [0.717, 1.165) is 5.56 Å². The lowest BCUT2D eigenvalue weighted by Crippen LogP contribution is -2.62. The summed E-state index contributed by atoms with van der Waals surface area (Å²) in [5, 5.41) is 8.82. The van der Waals surface area contributed by atoms with Crippen LogP contribution in [0.4, 0.5) is 4.79 Å². The number of hydrogen-bond donors (Lipinski definition) is 0. The molecule has 1 saturated heterocycles. The summed E-state index contributed by atoms with van der Waals surface area (Å²) < 4.78 is 2.18. The summed E-state index contributed by atoms with van der Waals surface area (Å²) >= 11 is 3.32. The van der Waals surface area contributed by atoms with E-state index in [2.05, 4.69) is 27.0 Å². The van der Waals surface area contributed by atoms with Crippen LogP contribution in [-0.2, 0) is 11.3 Å². The molecule has 0 aromatic heterocycles. The highest BCUT2D eigenvalue weighted by molar-refractivity contribution is 9.18. The molecule has 0 radical (unpaired) electrons. The van der Waals surface area contributed by atoms with Crippen molar-refractivity contribution in [2.45, 2.75) is 19.0 Å². The van der Waals surface area contributed by atoms with E-state index in [9.17, 15) is 9.59 Å². The maximum Gasteiger partial charge on any atom is 0.364 e. The number of urea groups is 1. The Kier molecular flexibility index (Phi) is 4.44. The van der Waals surface area contributed by atoms with Crippen LogP contribution >= 0.6 is 15.9 Å². The number of amidine groups is 2. The Morgan fingerprint density at radius 1 is 1.33 bits per heavy atom. The normalized spacial score (nSPS) is 20.2. The van der Waals surface area contributed by atoms with Crippen molar-refractivity contribution in [3.8, 4) is 6.07 Å². The topological polar surface area (TPSA) is 79.8 Å². The second kappa shape index (κ2) is 6.53. The van der Waals surface area contributed by atoms with Crippen LogP contribution in [0.2, 0.25) is 0 Å². The number of aliphatic imine (C=N–C) groups is 1. The highest BCUT2D eigenvalue weighted by Gasteiger charge is 2.53. The van der Waals surface area contributed by atoms with Gasteiger partial charge in [0.1, 0.15) is 6.54 Å². The van der Waals surface area contributed by atoms with Crippen LogP contribution in [0.5, 0.6) is 0 Å². The minimum Gasteiger partial charge on any atom is -0.269 e. The molecule has 24 heavy (non-hydrogen) atoms. The lowest BCUT2D eigenvalue weighted by atomic mass is 10.1. The minimum absolute atomic E-state index is 0.205. The Labute approximate surface area is 147 Å². The van der Waals surface area contributed by atoms with Crippen LogP contribution in [0.1, 0.15) is 12.0 Å². The minimum atomic E-state index is -0.681. The van der Waals surface area contributed by atoms with E-state index in [1.165, 1.54) is 9.80 Å². The number of nitriles is 1. The Morgan fingerprint density at radius 2 is 2.04 bits per heavy atom. The second-order valence-electron chi connectivity index (χ2n) is 5.49. The number of nitrogens with zero attached hydrogens (tertiary/aromatic N) is 5. The highest BCUT2D eigenvalue weighted by Crippen LogP contribution is 2.23. The van der Waals surface area contributed by atoms with Gasteiger partial charge in [-0.05, 0) is 10.6 Å². The summed E-state index contributed by atoms with van der Waals surface area (Å²) in [5.74, 6) is 0.0622. The molecule has 3 amide bonds. The molecule has 1 unspecified atom stereocenters. The summed E-state index contributed by atoms with van der Waals surface area (Å²) in [7, 11) is 1.60. The highest BCUT2D eigenvalue weighted by atomic mass is 79.9. The lowest BCUT2D eigenvalue weighted by molar-refractivity contribution is -0.531. The molecule has 1 atom stereocenters. The first-order valence-corrected chi connectivity index (χ1v) is 8.21. The van der Waals surface area contributed by atoms with Gasteiger partial charge in [0.2, 0.25) is 0 Å². The maximum atomic E-state index is 12.9. The Bertz CT molecular complexity index is 796. The van der Waals surface area contributed by atoms with Crippen LogP contribution < -0.4 is 0 Å². The number of likely N-dealkylation sites (N-methyl/N-ethyl adjacent to an activating group) is 1. The number of amides is 3. The molecule has 0 N–H and O–H groups in total. The Hall–Kier alpha value is -2.53. The predicted octanol–water partition coefficient (Wildman–Crippen LogP) is 1.54. The van der Waals surface area contributed by atoms with Crippen molar-refractivity contribution in [1.29, 1.82) is 5.26 Å². The molecule has 1 fully saturated rings. The molecule has 8 heteroatoms. The Morgan fingerprint density at radius 3 is 2.71 bits per heavy atom. The van der Waals surface area contributed by atoms with E-state index in [4.69, 9.17) is 5.26 Å². The zero-order valence-corrected chi connectivity index (χ0v) is 14.6. The van der Waals surface area contributed by atoms with Crippen molar-refractivity contribution in [3.05, 3.63) is 35.9 Å². The van der Waals surface area contributed by atoms with Gasteiger partial charge in [-0.25, -0.2) is 9.37 Å². The van der Waals surface area contributed by atoms with Gasteiger partial charge in [0, 0.05) is 7.05 Å². The van der Waals surface area contributed by atoms with Gasteiger partial charge in [-0.15, -0.1) is 0 Å². The molecule has 2 heterocycles. The number of halogens is 1. The molecule has 1 aromatic rings. The average molecular weight is 389 g/mol. The third kappa shape index (κ3) is 2.71. The summed E-state index contributed by atoms with van der Waals surface area (Å²) in [6.07, 6.45) is 0.262. The number of benzene rings is 1. The molecule has 3 rings (SSSR count). The van der Waals surface area contributed by atoms with Gasteiger partial charge in [0.05, 0.1) is 35.0 Å². The number of hydrogen-bond acceptors (Lipinski definition) is 4. The van der Waals surface area contributed by atoms with Crippen molar-refractivity contribution in [1.82, 2.24) is 9.80 Å². The zero-order chi connectivity index (χ0) is 17.3. The van der Waals surface area contributed by atoms with Gasteiger partial charge in [-0.3, -0.25) is 14.6 Å². The maximum absolute atomic E-state index is 12.9. The molecular weight excluding hydrogens is 374 g/mol. The molecule has 2 aliphatic heterocycles. The third-order valence-electron chi connectivity index (χ3n) is 4.01. The van der Waals surface area contributed by atoms with E-state index in [-0.39, 0.29) is 18.9 Å². The molecule has 7 nitrogen and oxygen atoms in total. The van der Waals surface area contributed by atoms with Crippen molar-refractivity contribution < 1.29 is 14.2 Å². The molecular formula is C16H15BrN5O2+. The van der Waals surface area contributed by atoms with Crippen molar-refractivity contribution in [2.24, 2.45) is 4.99 Å². The summed E-state index contributed by atoms with van der Waals surface area (Å²) in [6.45, 7) is 0.567. The van der Waals surface area contributed by atoms with Crippen LogP contribution in [0.15, 0.2) is 35.3 Å². The van der Waals surface area contributed by atoms with Crippen LogP contribution in [0, 0.1) is 11.3 Å². The standard InChI is InChI=1S/C16H15BrN5O2/c1-20-13-12(21(9-5-8-18)15(17)19-13)14(23)22(16(20)24)10-11-6-3-2-4-7-11/h2-4,6-7,12H,5,9-10H2,1H3/q+1. The molecule has 0 spiro atoms. The van der Waals surface area contributed by atoms with Gasteiger partial charge in [0.25, 0.3) is 17.8 Å². The molecule has 1 aromatic carbocycles. The van der Waals surface area contributed by atoms with Crippen LogP contribution in [0.25, 0.3) is 0 Å². The summed E-state index contributed by atoms with van der Waals surface area (Å²) in [4.78, 5) is 32.4. The third-order valence-corrected chi connectivity index (χ3v) is 4.64. The van der Waals surface area contributed by atoms with E-state index in [1.807, 2.05) is 30.3 Å². The van der Waals surface area contributed by atoms with Crippen LogP contribution in [0.3, 0.4) is 0 Å². The quantitative estimate of drug-likeness (QED) is 0.579. The Balaban J connectivity index is 1.91. The van der Waals surface area contributed by atoms with Crippen molar-refractivity contribution in [2.75, 3.05) is 13.6 Å². The van der Waals surface area contributed by atoms with Crippen LogP contribution in [-0.4, -0.2) is 56.5 Å². The summed E-state index contributed by atoms with van der Waals surface area (Å²) in [6, 6.07) is 10.3. The number of carbonyl (C=O) groups excluding carboxylic acids is 2. The first-order chi connectivity index (χ1) is 11.5. The first-order valence-electron chi connectivity index (χ1n) is 7.42. The van der Waals surface area contributed by atoms with Gasteiger partial charge < -0.3 is 0 Å². The van der Waals surface area contributed by atoms with Gasteiger partial charge >= 0.3 is 10.8 Å². The fourth-order valence-corrected chi connectivity index (χ4v) is 3.36. The average Bonchev–Trinajstić information content (AvgIpc) is 2.92. The number of fused-ring (bicyclic) bond motifs is 1. The number of imide groups is 1. The largest absolute Gasteiger partial charge is 0.364 e. The molecule has 2 aliphatic rings. The van der Waals surface area contributed by atoms with Crippen molar-refractivity contribution >= 4 is 38.4 Å². The first kappa shape index (κ1) is 16.3. The summed E-state index contributed by atoms with van der Waals surface area (Å²) in [5.41, 5.74) is 0.873. The fraction of sp³-hybridized carbons (Fsp3) is 0.312. The van der Waals surface area contributed by atoms with E-state index < -0.39 is 12.1 Å². The lowest BCUT2D eigenvalue weighted by Gasteiger charge is -2.33. The molecule has 0 bridgehead atoms. The number of rotatable bonds is 4. The van der Waals surface area contributed by atoms with E-state index in [0.29, 0.717) is 17.1 Å². The van der Waals surface area contributed by atoms with Gasteiger partial charge in [0.15, 0.2) is 0 Å². The molecule has 0 aliphatic carbocycles. The monoisotopic (exact) mass is 388 g/mol. The van der Waals surface area contributed by atoms with E-state index >= 15 is 0 Å². The van der Waals surface area contributed by atoms with Gasteiger partial charge in [-0.1, -0.05) is 30.3 Å². The smallest absolute Gasteiger partial charge is 0.269 e. The molecule has 0 saturated carbocycles. The second-order valence-corrected chi connectivity index (χ2v) is 6.20. The predicted molar refractivity (Wildman–Crippen MR) is 90.7 cm³/mol. The molecule has 122 valence electrons. The van der Waals surface area contributed by atoms with Gasteiger partial charge in [-0.2, -0.15) is 5.26 Å². The van der Waals surface area contributed by atoms with E-state index in [1.54, 1.807) is 11.6 Å². The fourth-order valence-electron chi connectivity index (χ4n) is 2.79.